The molecule has 25 heavy (non-hydrogen) atoms. The number of aliphatic hydroxyl groups is 1. The average molecular weight is 351 g/mol. The zero-order valence-electron chi connectivity index (χ0n) is 16.4. The van der Waals surface area contributed by atoms with Gasteiger partial charge in [-0.2, -0.15) is 0 Å². The maximum absolute atomic E-state index is 9.58. The molecule has 5 nitrogen and oxygen atoms in total. The van der Waals surface area contributed by atoms with Crippen LogP contribution in [0.5, 0.6) is 0 Å². The molecule has 3 aliphatic heterocycles. The molecule has 3 aliphatic rings. The molecular formula is C20H38N4O. The molecule has 0 saturated carbocycles. The van der Waals surface area contributed by atoms with Gasteiger partial charge < -0.3 is 14.9 Å². The molecule has 3 atom stereocenters. The van der Waals surface area contributed by atoms with Crippen LogP contribution in [0.2, 0.25) is 0 Å². The van der Waals surface area contributed by atoms with Gasteiger partial charge >= 0.3 is 0 Å². The monoisotopic (exact) mass is 350 g/mol. The van der Waals surface area contributed by atoms with Crippen molar-refractivity contribution >= 4 is 0 Å². The maximum atomic E-state index is 9.58. The first kappa shape index (κ1) is 19.6. The van der Waals surface area contributed by atoms with Crippen molar-refractivity contribution in [3.63, 3.8) is 0 Å². The van der Waals surface area contributed by atoms with E-state index in [1.54, 1.807) is 0 Å². The molecule has 3 saturated heterocycles. The van der Waals surface area contributed by atoms with E-state index in [2.05, 4.69) is 40.1 Å². The molecular weight excluding hydrogens is 312 g/mol. The SMILES string of the molecule is CC1CC(C)CN(CCCN2[C]N(CCCN3CCC(O)C3)CC2)C1. The molecule has 3 heterocycles. The molecule has 3 fully saturated rings. The number of hydrogen-bond acceptors (Lipinski definition) is 5. The summed E-state index contributed by atoms with van der Waals surface area (Å²) in [5.41, 5.74) is 0. The van der Waals surface area contributed by atoms with Gasteiger partial charge in [-0.1, -0.05) is 13.8 Å². The summed E-state index contributed by atoms with van der Waals surface area (Å²) in [6, 6.07) is 0. The lowest BCUT2D eigenvalue weighted by Gasteiger charge is -2.35. The number of β-amino-alcohol motifs (C(OH)–C–C–N with tert-alkyl or cyclic N) is 1. The molecule has 3 rings (SSSR count). The van der Waals surface area contributed by atoms with Crippen molar-refractivity contribution in [1.29, 1.82) is 0 Å². The van der Waals surface area contributed by atoms with Gasteiger partial charge in [0.25, 0.3) is 0 Å². The third kappa shape index (κ3) is 6.47. The summed E-state index contributed by atoms with van der Waals surface area (Å²) in [5.74, 6) is 1.72. The van der Waals surface area contributed by atoms with Crippen LogP contribution in [0.1, 0.15) is 39.5 Å². The lowest BCUT2D eigenvalue weighted by atomic mass is 9.92. The minimum absolute atomic E-state index is 0.0914. The van der Waals surface area contributed by atoms with E-state index >= 15 is 0 Å². The quantitative estimate of drug-likeness (QED) is 0.716. The van der Waals surface area contributed by atoms with Crippen LogP contribution >= 0.6 is 0 Å². The topological polar surface area (TPSA) is 33.2 Å². The lowest BCUT2D eigenvalue weighted by molar-refractivity contribution is 0.135. The first-order chi connectivity index (χ1) is 12.1. The Morgan fingerprint density at radius 1 is 0.800 bits per heavy atom. The Bertz CT molecular complexity index is 384. The van der Waals surface area contributed by atoms with Crippen molar-refractivity contribution in [2.75, 3.05) is 65.4 Å². The molecule has 0 spiro atoms. The smallest absolute Gasteiger partial charge is 0.146 e. The summed E-state index contributed by atoms with van der Waals surface area (Å²) in [6.07, 6.45) is 4.69. The summed E-state index contributed by atoms with van der Waals surface area (Å²) in [6.45, 7) is 19.7. The second kappa shape index (κ2) is 9.65. The van der Waals surface area contributed by atoms with E-state index < -0.39 is 0 Å². The van der Waals surface area contributed by atoms with Crippen molar-refractivity contribution in [2.45, 2.75) is 45.6 Å². The summed E-state index contributed by atoms with van der Waals surface area (Å²) in [4.78, 5) is 9.80. The standard InChI is InChI=1S/C20H38N4O/c1-18-13-19(2)15-24(14-18)9-4-8-23-12-11-22(17-23)7-3-6-21-10-5-20(25)16-21/h18-20,25H,3-16H2,1-2H3. The lowest BCUT2D eigenvalue weighted by Crippen LogP contribution is -2.40. The molecule has 0 aliphatic carbocycles. The number of aliphatic hydroxyl groups excluding tert-OH is 1. The van der Waals surface area contributed by atoms with Gasteiger partial charge in [0.1, 0.15) is 6.67 Å². The van der Waals surface area contributed by atoms with Crippen molar-refractivity contribution in [2.24, 2.45) is 11.8 Å². The molecule has 0 aromatic heterocycles. The predicted octanol–water partition coefficient (Wildman–Crippen LogP) is 1.42. The number of piperidine rings is 1. The first-order valence-corrected chi connectivity index (χ1v) is 10.5. The molecule has 3 unspecified atom stereocenters. The van der Waals surface area contributed by atoms with Crippen LogP contribution in [0.15, 0.2) is 0 Å². The number of hydrogen-bond donors (Lipinski definition) is 1. The highest BCUT2D eigenvalue weighted by atomic mass is 16.3. The predicted molar refractivity (Wildman–Crippen MR) is 102 cm³/mol. The fourth-order valence-corrected chi connectivity index (χ4v) is 4.83. The van der Waals surface area contributed by atoms with Crippen LogP contribution in [0, 0.1) is 18.5 Å². The third-order valence-electron chi connectivity index (χ3n) is 5.92. The Morgan fingerprint density at radius 2 is 1.40 bits per heavy atom. The van der Waals surface area contributed by atoms with Gasteiger partial charge in [-0.25, -0.2) is 0 Å². The van der Waals surface area contributed by atoms with Gasteiger partial charge in [-0.15, -0.1) is 0 Å². The summed E-state index contributed by atoms with van der Waals surface area (Å²) in [7, 11) is 0. The van der Waals surface area contributed by atoms with E-state index in [1.807, 2.05) is 0 Å². The second-order valence-corrected chi connectivity index (χ2v) is 8.73. The highest BCUT2D eigenvalue weighted by Crippen LogP contribution is 2.21. The van der Waals surface area contributed by atoms with E-state index in [-0.39, 0.29) is 6.10 Å². The van der Waals surface area contributed by atoms with E-state index in [1.165, 1.54) is 38.9 Å². The molecule has 5 heteroatoms. The van der Waals surface area contributed by atoms with Crippen LogP contribution in [-0.2, 0) is 0 Å². The number of rotatable bonds is 8. The van der Waals surface area contributed by atoms with Crippen molar-refractivity contribution in [3.8, 4) is 0 Å². The fourth-order valence-electron chi connectivity index (χ4n) is 4.83. The van der Waals surface area contributed by atoms with E-state index in [9.17, 15) is 5.11 Å². The molecule has 0 bridgehead atoms. The highest BCUT2D eigenvalue weighted by molar-refractivity contribution is 4.82. The van der Waals surface area contributed by atoms with Crippen LogP contribution in [0.4, 0.5) is 0 Å². The Hall–Kier alpha value is -0.200. The Balaban J connectivity index is 1.23. The summed E-state index contributed by atoms with van der Waals surface area (Å²) < 4.78 is 0. The summed E-state index contributed by atoms with van der Waals surface area (Å²) >= 11 is 0. The van der Waals surface area contributed by atoms with Gasteiger partial charge in [-0.3, -0.25) is 9.80 Å². The average Bonchev–Trinajstić information content (AvgIpc) is 3.16. The molecule has 2 radical (unpaired) electrons. The first-order valence-electron chi connectivity index (χ1n) is 10.5. The molecule has 144 valence electrons. The van der Waals surface area contributed by atoms with Crippen molar-refractivity contribution in [1.82, 2.24) is 19.6 Å². The minimum atomic E-state index is -0.0914. The maximum Gasteiger partial charge on any atom is 0.146 e. The minimum Gasteiger partial charge on any atom is -0.392 e. The van der Waals surface area contributed by atoms with Crippen LogP contribution in [0.25, 0.3) is 0 Å². The normalized spacial score (nSPS) is 33.5. The Kier molecular flexibility index (Phi) is 7.55. The Morgan fingerprint density at radius 3 is 1.96 bits per heavy atom. The van der Waals surface area contributed by atoms with E-state index in [0.29, 0.717) is 0 Å². The molecule has 0 aromatic rings. The van der Waals surface area contributed by atoms with Crippen molar-refractivity contribution < 1.29 is 5.11 Å². The van der Waals surface area contributed by atoms with Crippen LogP contribution < -0.4 is 0 Å². The number of likely N-dealkylation sites (tertiary alicyclic amines) is 2. The second-order valence-electron chi connectivity index (χ2n) is 8.73. The zero-order chi connectivity index (χ0) is 17.6. The summed E-state index contributed by atoms with van der Waals surface area (Å²) in [5, 5.41) is 9.58. The fraction of sp³-hybridized carbons (Fsp3) is 0.950. The van der Waals surface area contributed by atoms with Crippen molar-refractivity contribution in [3.05, 3.63) is 6.67 Å². The van der Waals surface area contributed by atoms with Gasteiger partial charge in [-0.05, 0) is 50.6 Å². The van der Waals surface area contributed by atoms with Gasteiger partial charge in [0.15, 0.2) is 0 Å². The van der Waals surface area contributed by atoms with Gasteiger partial charge in [0.05, 0.1) is 6.10 Å². The van der Waals surface area contributed by atoms with Gasteiger partial charge in [0, 0.05) is 52.4 Å². The van der Waals surface area contributed by atoms with E-state index in [0.717, 1.165) is 64.1 Å². The third-order valence-corrected chi connectivity index (χ3v) is 5.92. The van der Waals surface area contributed by atoms with Crippen LogP contribution in [-0.4, -0.2) is 96.3 Å². The largest absolute Gasteiger partial charge is 0.392 e. The molecule has 0 amide bonds. The molecule has 0 aromatic carbocycles. The molecule has 1 N–H and O–H groups in total. The highest BCUT2D eigenvalue weighted by Gasteiger charge is 2.24. The van der Waals surface area contributed by atoms with Gasteiger partial charge in [0.2, 0.25) is 0 Å². The zero-order valence-corrected chi connectivity index (χ0v) is 16.4. The Labute approximate surface area is 154 Å². The van der Waals surface area contributed by atoms with E-state index in [4.69, 9.17) is 0 Å². The van der Waals surface area contributed by atoms with Crippen LogP contribution in [0.3, 0.4) is 0 Å². The number of nitrogens with zero attached hydrogens (tertiary/aromatic N) is 4.